The van der Waals surface area contributed by atoms with Gasteiger partial charge in [-0.3, -0.25) is 9.69 Å². The Balaban J connectivity index is 1.87. The van der Waals surface area contributed by atoms with E-state index in [1.54, 1.807) is 42.5 Å². The number of hydrogen-bond acceptors (Lipinski definition) is 5. The zero-order valence-electron chi connectivity index (χ0n) is 12.5. The maximum Gasteiger partial charge on any atom is 0.360 e. The molecular formula is C18H13NO4S. The van der Waals surface area contributed by atoms with E-state index in [4.69, 9.17) is 4.42 Å². The molecule has 2 aromatic carbocycles. The Morgan fingerprint density at radius 3 is 2.67 bits per heavy atom. The third-order valence-electron chi connectivity index (χ3n) is 3.95. The van der Waals surface area contributed by atoms with Gasteiger partial charge in [0.25, 0.3) is 0 Å². The van der Waals surface area contributed by atoms with Crippen molar-refractivity contribution in [3.8, 4) is 5.75 Å². The molecule has 120 valence electrons. The number of fused-ring (bicyclic) bond motifs is 1. The van der Waals surface area contributed by atoms with E-state index in [1.807, 2.05) is 12.1 Å². The van der Waals surface area contributed by atoms with Crippen molar-refractivity contribution in [3.05, 3.63) is 70.6 Å². The van der Waals surface area contributed by atoms with Gasteiger partial charge in [0.15, 0.2) is 0 Å². The van der Waals surface area contributed by atoms with Crippen LogP contribution in [0.4, 0.5) is 5.69 Å². The summed E-state index contributed by atoms with van der Waals surface area (Å²) >= 11 is 1.37. The van der Waals surface area contributed by atoms with E-state index in [1.165, 1.54) is 16.7 Å². The van der Waals surface area contributed by atoms with Crippen LogP contribution < -0.4 is 10.5 Å². The predicted molar refractivity (Wildman–Crippen MR) is 93.3 cm³/mol. The van der Waals surface area contributed by atoms with Crippen molar-refractivity contribution in [2.75, 3.05) is 10.7 Å². The van der Waals surface area contributed by atoms with Crippen LogP contribution in [0, 0.1) is 0 Å². The number of aromatic hydroxyl groups is 1. The average molecular weight is 339 g/mol. The van der Waals surface area contributed by atoms with E-state index in [0.29, 0.717) is 11.1 Å². The van der Waals surface area contributed by atoms with Gasteiger partial charge in [0, 0.05) is 10.9 Å². The Hall–Kier alpha value is -2.73. The van der Waals surface area contributed by atoms with Crippen LogP contribution >= 0.6 is 11.8 Å². The van der Waals surface area contributed by atoms with Crippen LogP contribution in [0.3, 0.4) is 0 Å². The van der Waals surface area contributed by atoms with Crippen molar-refractivity contribution in [2.24, 2.45) is 0 Å². The summed E-state index contributed by atoms with van der Waals surface area (Å²) < 4.78 is 5.35. The van der Waals surface area contributed by atoms with E-state index >= 15 is 0 Å². The number of phenolic OH excluding ortho intramolecular Hbond substituents is 1. The molecule has 1 aliphatic rings. The Morgan fingerprint density at radius 1 is 1.08 bits per heavy atom. The van der Waals surface area contributed by atoms with Crippen LogP contribution in [0.15, 0.2) is 63.8 Å². The lowest BCUT2D eigenvalue weighted by molar-refractivity contribution is -0.115. The van der Waals surface area contributed by atoms with Gasteiger partial charge in [-0.15, -0.1) is 11.8 Å². The lowest BCUT2D eigenvalue weighted by atomic mass is 10.1. The van der Waals surface area contributed by atoms with Crippen LogP contribution in [-0.2, 0) is 4.79 Å². The van der Waals surface area contributed by atoms with Crippen LogP contribution in [0.5, 0.6) is 5.75 Å². The second-order valence-electron chi connectivity index (χ2n) is 5.44. The predicted octanol–water partition coefficient (Wildman–Crippen LogP) is 3.28. The molecule has 4 rings (SSSR count). The summed E-state index contributed by atoms with van der Waals surface area (Å²) in [5, 5.41) is 10.4. The summed E-state index contributed by atoms with van der Waals surface area (Å²) in [6, 6.07) is 15.7. The second kappa shape index (κ2) is 5.72. The van der Waals surface area contributed by atoms with E-state index in [2.05, 4.69) is 0 Å². The molecule has 1 aromatic heterocycles. The fraction of sp³-hybridized carbons (Fsp3) is 0.111. The fourth-order valence-electron chi connectivity index (χ4n) is 2.83. The minimum atomic E-state index is -0.565. The van der Waals surface area contributed by atoms with Crippen molar-refractivity contribution >= 4 is 34.3 Å². The lowest BCUT2D eigenvalue weighted by Gasteiger charge is -2.23. The molecule has 6 heteroatoms. The highest BCUT2D eigenvalue weighted by Crippen LogP contribution is 2.43. The number of nitrogens with zero attached hydrogens (tertiary/aromatic N) is 1. The zero-order valence-corrected chi connectivity index (χ0v) is 13.3. The van der Waals surface area contributed by atoms with Gasteiger partial charge in [-0.25, -0.2) is 4.79 Å². The standard InChI is InChI=1S/C18H13NO4S/c20-14-7-3-2-6-12(14)17-19(16(21)10-24-17)13-9-11-5-1-4-8-15(11)23-18(13)22/h1-9,17,20H,10H2. The van der Waals surface area contributed by atoms with Gasteiger partial charge in [0.05, 0.1) is 5.75 Å². The first-order chi connectivity index (χ1) is 11.6. The van der Waals surface area contributed by atoms with Crippen LogP contribution in [-0.4, -0.2) is 16.8 Å². The highest BCUT2D eigenvalue weighted by molar-refractivity contribution is 8.00. The molecule has 3 aromatic rings. The lowest BCUT2D eigenvalue weighted by Crippen LogP contribution is -2.31. The number of rotatable bonds is 2. The van der Waals surface area contributed by atoms with Gasteiger partial charge in [-0.1, -0.05) is 36.4 Å². The minimum absolute atomic E-state index is 0.0971. The summed E-state index contributed by atoms with van der Waals surface area (Å²) in [5.74, 6) is 0.154. The molecule has 0 radical (unpaired) electrons. The third kappa shape index (κ3) is 2.35. The summed E-state index contributed by atoms with van der Waals surface area (Å²) in [5.41, 5.74) is 0.701. The number of hydrogen-bond donors (Lipinski definition) is 1. The number of thioether (sulfide) groups is 1. The Bertz CT molecular complexity index is 997. The molecule has 0 saturated carbocycles. The quantitative estimate of drug-likeness (QED) is 0.726. The van der Waals surface area contributed by atoms with Gasteiger partial charge in [0.2, 0.25) is 5.91 Å². The van der Waals surface area contributed by atoms with Crippen LogP contribution in [0.25, 0.3) is 11.0 Å². The van der Waals surface area contributed by atoms with Gasteiger partial charge >= 0.3 is 5.63 Å². The van der Waals surface area contributed by atoms with Crippen molar-refractivity contribution in [2.45, 2.75) is 5.37 Å². The molecule has 1 aliphatic heterocycles. The summed E-state index contributed by atoms with van der Waals surface area (Å²) in [6.45, 7) is 0. The number of amides is 1. The van der Waals surface area contributed by atoms with E-state index in [9.17, 15) is 14.7 Å². The summed E-state index contributed by atoms with van der Waals surface area (Å²) in [6.07, 6.45) is 0. The molecular weight excluding hydrogens is 326 g/mol. The molecule has 1 amide bonds. The van der Waals surface area contributed by atoms with E-state index < -0.39 is 11.0 Å². The first-order valence-electron chi connectivity index (χ1n) is 7.39. The van der Waals surface area contributed by atoms with Crippen molar-refractivity contribution in [1.29, 1.82) is 0 Å². The smallest absolute Gasteiger partial charge is 0.360 e. The van der Waals surface area contributed by atoms with E-state index in [-0.39, 0.29) is 23.1 Å². The largest absolute Gasteiger partial charge is 0.508 e. The molecule has 1 fully saturated rings. The third-order valence-corrected chi connectivity index (χ3v) is 5.15. The highest BCUT2D eigenvalue weighted by atomic mass is 32.2. The number of carbonyl (C=O) groups excluding carboxylic acids is 1. The first-order valence-corrected chi connectivity index (χ1v) is 8.44. The molecule has 0 bridgehead atoms. The average Bonchev–Trinajstić information content (AvgIpc) is 2.96. The highest BCUT2D eigenvalue weighted by Gasteiger charge is 2.37. The monoisotopic (exact) mass is 339 g/mol. The Labute approximate surface area is 141 Å². The second-order valence-corrected chi connectivity index (χ2v) is 6.51. The van der Waals surface area contributed by atoms with Crippen molar-refractivity contribution in [1.82, 2.24) is 0 Å². The first kappa shape index (κ1) is 14.8. The fourth-order valence-corrected chi connectivity index (χ4v) is 4.03. The molecule has 0 spiro atoms. The molecule has 24 heavy (non-hydrogen) atoms. The topological polar surface area (TPSA) is 70.8 Å². The number of carbonyl (C=O) groups is 1. The maximum absolute atomic E-state index is 12.4. The van der Waals surface area contributed by atoms with E-state index in [0.717, 1.165) is 5.39 Å². The molecule has 1 saturated heterocycles. The molecule has 5 nitrogen and oxygen atoms in total. The Morgan fingerprint density at radius 2 is 1.83 bits per heavy atom. The minimum Gasteiger partial charge on any atom is -0.508 e. The molecule has 1 unspecified atom stereocenters. The Kier molecular flexibility index (Phi) is 3.54. The van der Waals surface area contributed by atoms with Crippen LogP contribution in [0.1, 0.15) is 10.9 Å². The van der Waals surface area contributed by atoms with Crippen molar-refractivity contribution < 1.29 is 14.3 Å². The number of anilines is 1. The van der Waals surface area contributed by atoms with Gasteiger partial charge in [-0.05, 0) is 18.2 Å². The van der Waals surface area contributed by atoms with Gasteiger partial charge in [-0.2, -0.15) is 0 Å². The van der Waals surface area contributed by atoms with Gasteiger partial charge < -0.3 is 9.52 Å². The zero-order chi connectivity index (χ0) is 16.7. The van der Waals surface area contributed by atoms with Crippen molar-refractivity contribution in [3.63, 3.8) is 0 Å². The normalized spacial score (nSPS) is 17.6. The molecule has 0 aliphatic carbocycles. The van der Waals surface area contributed by atoms with Crippen LogP contribution in [0.2, 0.25) is 0 Å². The molecule has 1 atom stereocenters. The SMILES string of the molecule is O=C1CSC(c2ccccc2O)N1c1cc2ccccc2oc1=O. The van der Waals surface area contributed by atoms with Gasteiger partial charge in [0.1, 0.15) is 22.4 Å². The molecule has 1 N–H and O–H groups in total. The number of phenols is 1. The summed E-state index contributed by atoms with van der Waals surface area (Å²) in [4.78, 5) is 26.2. The number of benzene rings is 2. The number of para-hydroxylation sites is 2. The molecule has 2 heterocycles. The summed E-state index contributed by atoms with van der Waals surface area (Å²) in [7, 11) is 0. The maximum atomic E-state index is 12.4.